The first-order valence-corrected chi connectivity index (χ1v) is 11.5. The molecule has 2 fully saturated rings. The van der Waals surface area contributed by atoms with E-state index in [9.17, 15) is 18.4 Å². The number of fused-ring (bicyclic) bond motifs is 1. The number of aromatic nitrogens is 1. The Kier molecular flexibility index (Phi) is 6.20. The molecule has 168 valence electrons. The van der Waals surface area contributed by atoms with Crippen LogP contribution < -0.4 is 10.2 Å². The largest absolute Gasteiger partial charge is 0.368 e. The third-order valence-corrected chi connectivity index (χ3v) is 6.91. The molecule has 1 aromatic heterocycles. The summed E-state index contributed by atoms with van der Waals surface area (Å²) in [6, 6.07) is 8.24. The van der Waals surface area contributed by atoms with Gasteiger partial charge in [0.2, 0.25) is 5.91 Å². The number of piperidine rings is 1. The molecule has 4 rings (SSSR count). The monoisotopic (exact) mass is 459 g/mol. The van der Waals surface area contributed by atoms with E-state index in [1.807, 2.05) is 11.0 Å². The molecule has 0 saturated carbocycles. The van der Waals surface area contributed by atoms with Gasteiger partial charge < -0.3 is 15.1 Å². The molecule has 2 saturated heterocycles. The van der Waals surface area contributed by atoms with Crippen LogP contribution in [0.3, 0.4) is 0 Å². The minimum atomic E-state index is -2.66. The minimum Gasteiger partial charge on any atom is -0.368 e. The Morgan fingerprint density at radius 3 is 2.94 bits per heavy atom. The standard InChI is InChI=1S/C22H23F2N5O2S/c1-14-9-22(23,24)5-7-28(14)15-2-3-19-18(8-15)17(4-6-26-19)21(31)27-11-20(30)29-13-32-12-16(29)10-25/h2-4,6,8,14,16H,5,7,9,11-13H2,1H3,(H,27,31). The maximum atomic E-state index is 13.7. The van der Waals surface area contributed by atoms with Crippen molar-refractivity contribution in [2.24, 2.45) is 0 Å². The summed E-state index contributed by atoms with van der Waals surface area (Å²) in [6.45, 7) is 1.79. The van der Waals surface area contributed by atoms with Crippen molar-refractivity contribution in [1.29, 1.82) is 5.26 Å². The molecule has 2 aliphatic rings. The van der Waals surface area contributed by atoms with E-state index in [0.29, 0.717) is 28.1 Å². The number of alkyl halides is 2. The fourth-order valence-electron chi connectivity index (χ4n) is 4.19. The molecular weight excluding hydrogens is 436 g/mol. The summed E-state index contributed by atoms with van der Waals surface area (Å²) >= 11 is 1.50. The fraction of sp³-hybridized carbons (Fsp3) is 0.455. The van der Waals surface area contributed by atoms with Crippen molar-refractivity contribution in [1.82, 2.24) is 15.2 Å². The van der Waals surface area contributed by atoms with Crippen molar-refractivity contribution in [2.45, 2.75) is 37.8 Å². The number of amides is 2. The highest BCUT2D eigenvalue weighted by Crippen LogP contribution is 2.35. The average molecular weight is 460 g/mol. The molecule has 0 aliphatic carbocycles. The van der Waals surface area contributed by atoms with E-state index in [2.05, 4.69) is 16.4 Å². The van der Waals surface area contributed by atoms with Crippen LogP contribution in [0.1, 0.15) is 30.1 Å². The van der Waals surface area contributed by atoms with Crippen molar-refractivity contribution in [2.75, 3.05) is 29.6 Å². The molecule has 2 atom stereocenters. The molecule has 0 bridgehead atoms. The fourth-order valence-corrected chi connectivity index (χ4v) is 5.30. The number of carbonyl (C=O) groups is 2. The lowest BCUT2D eigenvalue weighted by Gasteiger charge is -2.39. The van der Waals surface area contributed by atoms with Gasteiger partial charge in [0.15, 0.2) is 0 Å². The first kappa shape index (κ1) is 22.3. The summed E-state index contributed by atoms with van der Waals surface area (Å²) in [7, 11) is 0. The number of pyridine rings is 1. The lowest BCUT2D eigenvalue weighted by atomic mass is 9.98. The maximum Gasteiger partial charge on any atom is 0.252 e. The highest BCUT2D eigenvalue weighted by atomic mass is 32.2. The molecule has 10 heteroatoms. The highest BCUT2D eigenvalue weighted by molar-refractivity contribution is 7.99. The van der Waals surface area contributed by atoms with Crippen LogP contribution in [0.5, 0.6) is 0 Å². The maximum absolute atomic E-state index is 13.7. The van der Waals surface area contributed by atoms with Crippen molar-refractivity contribution in [3.8, 4) is 6.07 Å². The van der Waals surface area contributed by atoms with Gasteiger partial charge in [0.1, 0.15) is 6.04 Å². The van der Waals surface area contributed by atoms with Crippen molar-refractivity contribution >= 4 is 40.2 Å². The van der Waals surface area contributed by atoms with Crippen molar-refractivity contribution in [3.63, 3.8) is 0 Å². The number of thioether (sulfide) groups is 1. The molecule has 7 nitrogen and oxygen atoms in total. The molecule has 32 heavy (non-hydrogen) atoms. The molecule has 3 heterocycles. The van der Waals surface area contributed by atoms with Gasteiger partial charge >= 0.3 is 0 Å². The third-order valence-electron chi connectivity index (χ3n) is 5.90. The number of nitrogens with one attached hydrogen (secondary N) is 1. The van der Waals surface area contributed by atoms with Crippen LogP contribution in [0, 0.1) is 11.3 Å². The van der Waals surface area contributed by atoms with E-state index in [1.54, 1.807) is 25.1 Å². The Morgan fingerprint density at radius 1 is 1.38 bits per heavy atom. The van der Waals surface area contributed by atoms with Gasteiger partial charge in [-0.25, -0.2) is 8.78 Å². The minimum absolute atomic E-state index is 0.209. The van der Waals surface area contributed by atoms with Crippen LogP contribution >= 0.6 is 11.8 Å². The lowest BCUT2D eigenvalue weighted by molar-refractivity contribution is -0.129. The summed E-state index contributed by atoms with van der Waals surface area (Å²) < 4.78 is 27.5. The van der Waals surface area contributed by atoms with Gasteiger partial charge in [0, 0.05) is 48.5 Å². The molecule has 0 spiro atoms. The van der Waals surface area contributed by atoms with Gasteiger partial charge in [-0.15, -0.1) is 11.8 Å². The van der Waals surface area contributed by atoms with Gasteiger partial charge in [0.05, 0.1) is 29.6 Å². The second kappa shape index (κ2) is 8.90. The van der Waals surface area contributed by atoms with Crippen LogP contribution in [-0.2, 0) is 4.79 Å². The van der Waals surface area contributed by atoms with E-state index in [0.717, 1.165) is 5.69 Å². The van der Waals surface area contributed by atoms with Gasteiger partial charge in [-0.3, -0.25) is 14.6 Å². The lowest BCUT2D eigenvalue weighted by Crippen LogP contribution is -2.45. The Morgan fingerprint density at radius 2 is 2.19 bits per heavy atom. The number of benzene rings is 1. The number of hydrogen-bond donors (Lipinski definition) is 1. The van der Waals surface area contributed by atoms with Crippen LogP contribution in [0.15, 0.2) is 30.5 Å². The van der Waals surface area contributed by atoms with Crippen molar-refractivity contribution in [3.05, 3.63) is 36.0 Å². The van der Waals surface area contributed by atoms with E-state index in [4.69, 9.17) is 5.26 Å². The van der Waals surface area contributed by atoms with Gasteiger partial charge in [-0.1, -0.05) is 0 Å². The van der Waals surface area contributed by atoms with Gasteiger partial charge in [-0.2, -0.15) is 5.26 Å². The van der Waals surface area contributed by atoms with E-state index >= 15 is 0 Å². The highest BCUT2D eigenvalue weighted by Gasteiger charge is 2.38. The summed E-state index contributed by atoms with van der Waals surface area (Å²) in [4.78, 5) is 33.0. The summed E-state index contributed by atoms with van der Waals surface area (Å²) in [6.07, 6.45) is 1.09. The number of rotatable bonds is 4. The SMILES string of the molecule is CC1CC(F)(F)CCN1c1ccc2nccc(C(=O)NCC(=O)N3CSCC3C#N)c2c1. The number of nitrogens with zero attached hydrogens (tertiary/aromatic N) is 4. The van der Waals surface area contributed by atoms with Crippen molar-refractivity contribution < 1.29 is 18.4 Å². The van der Waals surface area contributed by atoms with Crippen LogP contribution in [-0.4, -0.2) is 64.4 Å². The van der Waals surface area contributed by atoms with E-state index in [-0.39, 0.29) is 37.9 Å². The molecule has 2 aromatic rings. The normalized spacial score (nSPS) is 22.6. The first-order chi connectivity index (χ1) is 15.3. The topological polar surface area (TPSA) is 89.3 Å². The Hall–Kier alpha value is -2.93. The number of anilines is 1. The predicted octanol–water partition coefficient (Wildman–Crippen LogP) is 3.01. The second-order valence-corrected chi connectivity index (χ2v) is 9.10. The van der Waals surface area contributed by atoms with Crippen LogP contribution in [0.4, 0.5) is 14.5 Å². The zero-order valence-corrected chi connectivity index (χ0v) is 18.4. The molecule has 2 amide bonds. The number of carbonyl (C=O) groups excluding carboxylic acids is 2. The summed E-state index contributed by atoms with van der Waals surface area (Å²) in [5.74, 6) is -2.40. The third kappa shape index (κ3) is 4.48. The molecule has 1 aromatic carbocycles. The zero-order chi connectivity index (χ0) is 22.9. The van der Waals surface area contributed by atoms with Gasteiger partial charge in [0.25, 0.3) is 11.8 Å². The molecular formula is C22H23F2N5O2S. The van der Waals surface area contributed by atoms with E-state index in [1.165, 1.54) is 22.9 Å². The summed E-state index contributed by atoms with van der Waals surface area (Å²) in [5.41, 5.74) is 1.71. The number of halogens is 2. The molecule has 0 radical (unpaired) electrons. The number of hydrogen-bond acceptors (Lipinski definition) is 6. The molecule has 2 aliphatic heterocycles. The Labute approximate surface area is 188 Å². The molecule has 2 unspecified atom stereocenters. The second-order valence-electron chi connectivity index (χ2n) is 8.10. The van der Waals surface area contributed by atoms with Gasteiger partial charge in [-0.05, 0) is 31.2 Å². The molecule has 1 N–H and O–H groups in total. The Balaban J connectivity index is 1.52. The zero-order valence-electron chi connectivity index (χ0n) is 17.6. The predicted molar refractivity (Wildman–Crippen MR) is 119 cm³/mol. The average Bonchev–Trinajstić information content (AvgIpc) is 3.25. The quantitative estimate of drug-likeness (QED) is 0.756. The Bertz CT molecular complexity index is 1090. The summed E-state index contributed by atoms with van der Waals surface area (Å²) in [5, 5.41) is 12.4. The van der Waals surface area contributed by atoms with E-state index < -0.39 is 17.9 Å². The van der Waals surface area contributed by atoms with Crippen LogP contribution in [0.2, 0.25) is 0 Å². The van der Waals surface area contributed by atoms with Crippen LogP contribution in [0.25, 0.3) is 10.9 Å². The number of nitriles is 1. The smallest absolute Gasteiger partial charge is 0.252 e. The first-order valence-electron chi connectivity index (χ1n) is 10.4.